The molecule has 0 bridgehead atoms. The highest BCUT2D eigenvalue weighted by atomic mass is 16.3. The quantitative estimate of drug-likeness (QED) is 0.829. The normalized spacial score (nSPS) is 14.8. The summed E-state index contributed by atoms with van der Waals surface area (Å²) in [4.78, 5) is 12.5. The predicted molar refractivity (Wildman–Crippen MR) is 78.0 cm³/mol. The maximum Gasteiger partial charge on any atom is 0.230 e. The summed E-state index contributed by atoms with van der Waals surface area (Å²) in [6.07, 6.45) is 1.37. The van der Waals surface area contributed by atoms with E-state index in [1.165, 1.54) is 0 Å². The highest BCUT2D eigenvalue weighted by molar-refractivity contribution is 5.87. The van der Waals surface area contributed by atoms with Crippen LogP contribution in [0.15, 0.2) is 30.3 Å². The molecule has 1 atom stereocenters. The second-order valence-electron chi connectivity index (χ2n) is 5.83. The third-order valence-electron chi connectivity index (χ3n) is 3.92. The molecular weight excluding hydrogens is 238 g/mol. The van der Waals surface area contributed by atoms with E-state index < -0.39 is 5.41 Å². The van der Waals surface area contributed by atoms with Crippen molar-refractivity contribution in [2.45, 2.75) is 51.5 Å². The Morgan fingerprint density at radius 1 is 1.21 bits per heavy atom. The van der Waals surface area contributed by atoms with Crippen molar-refractivity contribution in [1.29, 1.82) is 0 Å². The van der Waals surface area contributed by atoms with E-state index in [1.54, 1.807) is 0 Å². The van der Waals surface area contributed by atoms with Gasteiger partial charge in [-0.05, 0) is 39.2 Å². The Hall–Kier alpha value is -1.35. The van der Waals surface area contributed by atoms with E-state index in [0.717, 1.165) is 12.0 Å². The summed E-state index contributed by atoms with van der Waals surface area (Å²) in [5.74, 6) is -0.00324. The third-order valence-corrected chi connectivity index (χ3v) is 3.92. The molecule has 0 heterocycles. The number of aliphatic hydroxyl groups is 1. The van der Waals surface area contributed by atoms with E-state index in [1.807, 2.05) is 58.0 Å². The lowest BCUT2D eigenvalue weighted by molar-refractivity contribution is -0.127. The Bertz CT molecular complexity index is 414. The van der Waals surface area contributed by atoms with Crippen LogP contribution in [0.4, 0.5) is 0 Å². The lowest BCUT2D eigenvalue weighted by Gasteiger charge is -2.34. The van der Waals surface area contributed by atoms with Gasteiger partial charge in [-0.1, -0.05) is 37.3 Å². The minimum absolute atomic E-state index is 0.00324. The van der Waals surface area contributed by atoms with Gasteiger partial charge in [0, 0.05) is 12.1 Å². The van der Waals surface area contributed by atoms with Crippen molar-refractivity contribution < 1.29 is 9.90 Å². The first-order valence-corrected chi connectivity index (χ1v) is 6.85. The number of nitrogens with one attached hydrogen (secondary N) is 1. The second-order valence-corrected chi connectivity index (χ2v) is 5.83. The molecule has 0 aliphatic carbocycles. The summed E-state index contributed by atoms with van der Waals surface area (Å²) in [5, 5.41) is 12.2. The molecule has 19 heavy (non-hydrogen) atoms. The molecule has 0 fully saturated rings. The number of rotatable bonds is 6. The van der Waals surface area contributed by atoms with Crippen LogP contribution in [-0.4, -0.2) is 23.2 Å². The zero-order valence-corrected chi connectivity index (χ0v) is 12.4. The van der Waals surface area contributed by atoms with Crippen molar-refractivity contribution in [2.24, 2.45) is 0 Å². The number of hydrogen-bond acceptors (Lipinski definition) is 2. The molecule has 0 saturated heterocycles. The van der Waals surface area contributed by atoms with Gasteiger partial charge in [0.15, 0.2) is 0 Å². The van der Waals surface area contributed by atoms with Crippen LogP contribution in [0, 0.1) is 0 Å². The van der Waals surface area contributed by atoms with Gasteiger partial charge < -0.3 is 10.4 Å². The number of hydrogen-bond donors (Lipinski definition) is 2. The molecule has 1 unspecified atom stereocenters. The second kappa shape index (κ2) is 6.20. The van der Waals surface area contributed by atoms with Crippen molar-refractivity contribution in [1.82, 2.24) is 5.32 Å². The van der Waals surface area contributed by atoms with Gasteiger partial charge in [-0.25, -0.2) is 0 Å². The lowest BCUT2D eigenvalue weighted by Crippen LogP contribution is -2.52. The molecule has 0 aliphatic rings. The molecule has 0 aromatic heterocycles. The van der Waals surface area contributed by atoms with Crippen molar-refractivity contribution >= 4 is 5.91 Å². The monoisotopic (exact) mass is 263 g/mol. The fraction of sp³-hybridized carbons (Fsp3) is 0.562. The Kier molecular flexibility index (Phi) is 5.12. The molecular formula is C16H25NO2. The first-order chi connectivity index (χ1) is 8.85. The maximum absolute atomic E-state index is 12.5. The van der Waals surface area contributed by atoms with Gasteiger partial charge in [0.05, 0.1) is 5.41 Å². The minimum Gasteiger partial charge on any atom is -0.396 e. The average Bonchev–Trinajstić information content (AvgIpc) is 2.40. The highest BCUT2D eigenvalue weighted by Gasteiger charge is 2.34. The van der Waals surface area contributed by atoms with Gasteiger partial charge in [0.2, 0.25) is 5.91 Å². The SMILES string of the molecule is CCC(C)(CCO)NC(=O)C(C)(C)c1ccccc1. The van der Waals surface area contributed by atoms with E-state index >= 15 is 0 Å². The highest BCUT2D eigenvalue weighted by Crippen LogP contribution is 2.25. The summed E-state index contributed by atoms with van der Waals surface area (Å²) in [6, 6.07) is 9.76. The fourth-order valence-electron chi connectivity index (χ4n) is 1.99. The molecule has 0 spiro atoms. The maximum atomic E-state index is 12.5. The van der Waals surface area contributed by atoms with Gasteiger partial charge in [-0.3, -0.25) is 4.79 Å². The Labute approximate surface area is 116 Å². The van der Waals surface area contributed by atoms with Crippen molar-refractivity contribution in [2.75, 3.05) is 6.61 Å². The Morgan fingerprint density at radius 3 is 2.26 bits per heavy atom. The fourth-order valence-corrected chi connectivity index (χ4v) is 1.99. The van der Waals surface area contributed by atoms with E-state index in [0.29, 0.717) is 6.42 Å². The largest absolute Gasteiger partial charge is 0.396 e. The van der Waals surface area contributed by atoms with Gasteiger partial charge in [0.1, 0.15) is 0 Å². The van der Waals surface area contributed by atoms with Crippen LogP contribution in [0.2, 0.25) is 0 Å². The van der Waals surface area contributed by atoms with E-state index in [2.05, 4.69) is 5.32 Å². The van der Waals surface area contributed by atoms with Crippen LogP contribution in [0.3, 0.4) is 0 Å². The van der Waals surface area contributed by atoms with E-state index in [-0.39, 0.29) is 18.1 Å². The molecule has 0 saturated carbocycles. The topological polar surface area (TPSA) is 49.3 Å². The molecule has 0 aliphatic heterocycles. The van der Waals surface area contributed by atoms with Crippen molar-refractivity contribution in [3.05, 3.63) is 35.9 Å². The molecule has 1 aromatic rings. The van der Waals surface area contributed by atoms with Crippen LogP contribution in [0.5, 0.6) is 0 Å². The van der Waals surface area contributed by atoms with E-state index in [4.69, 9.17) is 5.11 Å². The minimum atomic E-state index is -0.576. The molecule has 0 radical (unpaired) electrons. The summed E-state index contributed by atoms with van der Waals surface area (Å²) in [6.45, 7) is 7.92. The van der Waals surface area contributed by atoms with Crippen LogP contribution < -0.4 is 5.32 Å². The zero-order chi connectivity index (χ0) is 14.5. The average molecular weight is 263 g/mol. The van der Waals surface area contributed by atoms with Gasteiger partial charge in [-0.2, -0.15) is 0 Å². The number of carbonyl (C=O) groups excluding carboxylic acids is 1. The summed E-state index contributed by atoms with van der Waals surface area (Å²) >= 11 is 0. The Balaban J connectivity index is 2.88. The van der Waals surface area contributed by atoms with Crippen LogP contribution >= 0.6 is 0 Å². The number of carbonyl (C=O) groups is 1. The first-order valence-electron chi connectivity index (χ1n) is 6.85. The molecule has 3 heteroatoms. The van der Waals surface area contributed by atoms with Crippen molar-refractivity contribution in [3.8, 4) is 0 Å². The van der Waals surface area contributed by atoms with Crippen molar-refractivity contribution in [3.63, 3.8) is 0 Å². The lowest BCUT2D eigenvalue weighted by atomic mass is 9.82. The molecule has 1 amide bonds. The standard InChI is InChI=1S/C16H25NO2/c1-5-16(4,11-12-18)17-14(19)15(2,3)13-9-7-6-8-10-13/h6-10,18H,5,11-12H2,1-4H3,(H,17,19). The third kappa shape index (κ3) is 3.80. The number of aliphatic hydroxyl groups excluding tert-OH is 1. The summed E-state index contributed by atoms with van der Waals surface area (Å²) < 4.78 is 0. The molecule has 2 N–H and O–H groups in total. The predicted octanol–water partition coefficient (Wildman–Crippen LogP) is 2.63. The van der Waals surface area contributed by atoms with Gasteiger partial charge in [-0.15, -0.1) is 0 Å². The van der Waals surface area contributed by atoms with Gasteiger partial charge >= 0.3 is 0 Å². The first kappa shape index (κ1) is 15.7. The molecule has 1 aromatic carbocycles. The van der Waals surface area contributed by atoms with Gasteiger partial charge in [0.25, 0.3) is 0 Å². The smallest absolute Gasteiger partial charge is 0.230 e. The van der Waals surface area contributed by atoms with Crippen LogP contribution in [0.25, 0.3) is 0 Å². The summed E-state index contributed by atoms with van der Waals surface area (Å²) in [7, 11) is 0. The summed E-state index contributed by atoms with van der Waals surface area (Å²) in [5.41, 5.74) is 0.0698. The number of benzene rings is 1. The van der Waals surface area contributed by atoms with Crippen LogP contribution in [0.1, 0.15) is 46.1 Å². The molecule has 106 valence electrons. The molecule has 1 rings (SSSR count). The zero-order valence-electron chi connectivity index (χ0n) is 12.4. The molecule has 3 nitrogen and oxygen atoms in total. The number of amides is 1. The Morgan fingerprint density at radius 2 is 1.79 bits per heavy atom. The van der Waals surface area contributed by atoms with Crippen LogP contribution in [-0.2, 0) is 10.2 Å². The van der Waals surface area contributed by atoms with E-state index in [9.17, 15) is 4.79 Å².